The van der Waals surface area contributed by atoms with Gasteiger partial charge < -0.3 is 9.44 Å². The average molecular weight is 116 g/mol. The van der Waals surface area contributed by atoms with Crippen LogP contribution in [0.3, 0.4) is 0 Å². The molecule has 38 valence electrons. The summed E-state index contributed by atoms with van der Waals surface area (Å²) in [6, 6.07) is 0. The summed E-state index contributed by atoms with van der Waals surface area (Å²) >= 11 is 0. The van der Waals surface area contributed by atoms with Crippen LogP contribution in [0.25, 0.3) is 0 Å². The molecular weight excluding hydrogens is 111 g/mol. The Balaban J connectivity index is 3.04. The van der Waals surface area contributed by atoms with Crippen molar-refractivity contribution in [1.82, 2.24) is 9.32 Å². The predicted octanol–water partition coefficient (Wildman–Crippen LogP) is 0.227. The number of aromatic nitrogens is 2. The van der Waals surface area contributed by atoms with Gasteiger partial charge >= 0.3 is 0 Å². The second-order valence-electron chi connectivity index (χ2n) is 1.18. The fraction of sp³-hybridized carbons (Fsp3) is 0. The van der Waals surface area contributed by atoms with Crippen LogP contribution in [0, 0.1) is 0 Å². The van der Waals surface area contributed by atoms with E-state index in [1.54, 1.807) is 4.34 Å². The first kappa shape index (κ1) is 4.60. The van der Waals surface area contributed by atoms with E-state index in [9.17, 15) is 0 Å². The van der Waals surface area contributed by atoms with Crippen molar-refractivity contribution in [3.05, 3.63) is 12.5 Å². The van der Waals surface area contributed by atoms with E-state index < -0.39 is 0 Å². The number of aromatic hydroxyl groups is 1. The Labute approximate surface area is 43.3 Å². The molecule has 0 radical (unpaired) electrons. The van der Waals surface area contributed by atoms with Crippen molar-refractivity contribution >= 4 is 9.39 Å². The Hall–Kier alpha value is -0.560. The van der Waals surface area contributed by atoms with E-state index in [-0.39, 0.29) is 5.88 Å². The second kappa shape index (κ2) is 1.51. The summed E-state index contributed by atoms with van der Waals surface area (Å²) in [5.41, 5.74) is 0. The van der Waals surface area contributed by atoms with Crippen LogP contribution in [-0.4, -0.2) is 14.4 Å². The molecule has 1 unspecified atom stereocenters. The van der Waals surface area contributed by atoms with Crippen molar-refractivity contribution in [2.45, 2.75) is 0 Å². The van der Waals surface area contributed by atoms with E-state index in [4.69, 9.17) is 5.11 Å². The van der Waals surface area contributed by atoms with Gasteiger partial charge in [0.15, 0.2) is 0 Å². The van der Waals surface area contributed by atoms with Crippen molar-refractivity contribution in [1.29, 1.82) is 0 Å². The molecular formula is C3H5N2OP. The lowest BCUT2D eigenvalue weighted by molar-refractivity contribution is 0.456. The van der Waals surface area contributed by atoms with Crippen molar-refractivity contribution < 1.29 is 5.11 Å². The van der Waals surface area contributed by atoms with Gasteiger partial charge in [-0.05, 0) is 9.39 Å². The van der Waals surface area contributed by atoms with Crippen molar-refractivity contribution in [2.75, 3.05) is 0 Å². The molecule has 0 spiro atoms. The van der Waals surface area contributed by atoms with Crippen LogP contribution in [0.1, 0.15) is 0 Å². The minimum Gasteiger partial charge on any atom is -0.492 e. The first-order valence-electron chi connectivity index (χ1n) is 1.77. The molecule has 0 saturated heterocycles. The van der Waals surface area contributed by atoms with Crippen LogP contribution in [-0.2, 0) is 0 Å². The summed E-state index contributed by atoms with van der Waals surface area (Å²) < 4.78 is 1.59. The predicted molar refractivity (Wildman–Crippen MR) is 29.0 cm³/mol. The molecule has 7 heavy (non-hydrogen) atoms. The molecule has 1 atom stereocenters. The molecule has 1 rings (SSSR count). The van der Waals surface area contributed by atoms with E-state index in [0.29, 0.717) is 0 Å². The molecule has 0 fully saturated rings. The molecule has 0 saturated carbocycles. The fourth-order valence-corrected chi connectivity index (χ4v) is 0.526. The van der Waals surface area contributed by atoms with Gasteiger partial charge in [0.05, 0.1) is 6.20 Å². The van der Waals surface area contributed by atoms with Gasteiger partial charge in [0.25, 0.3) is 0 Å². The minimum absolute atomic E-state index is 0.0509. The Kier molecular flexibility index (Phi) is 0.988. The third kappa shape index (κ3) is 0.904. The third-order valence-corrected chi connectivity index (χ3v) is 0.870. The van der Waals surface area contributed by atoms with E-state index in [1.165, 1.54) is 12.5 Å². The minimum atomic E-state index is 0.0509. The summed E-state index contributed by atoms with van der Waals surface area (Å²) in [5, 5.41) is 8.51. The van der Waals surface area contributed by atoms with Gasteiger partial charge in [-0.25, -0.2) is 4.98 Å². The molecule has 3 nitrogen and oxygen atoms in total. The van der Waals surface area contributed by atoms with E-state index in [2.05, 4.69) is 14.4 Å². The van der Waals surface area contributed by atoms with Gasteiger partial charge in [0, 0.05) is 0 Å². The van der Waals surface area contributed by atoms with Crippen LogP contribution in [0.4, 0.5) is 0 Å². The highest BCUT2D eigenvalue weighted by atomic mass is 31.0. The SMILES string of the molecule is Oc1cn(P)cn1. The molecule has 1 aromatic heterocycles. The zero-order chi connectivity index (χ0) is 5.28. The highest BCUT2D eigenvalue weighted by Gasteiger charge is 1.85. The maximum Gasteiger partial charge on any atom is 0.229 e. The Bertz CT molecular complexity index is 145. The Morgan fingerprint density at radius 2 is 2.57 bits per heavy atom. The monoisotopic (exact) mass is 116 g/mol. The summed E-state index contributed by atoms with van der Waals surface area (Å²) in [4.78, 5) is 3.51. The first-order valence-corrected chi connectivity index (χ1v) is 2.29. The summed E-state index contributed by atoms with van der Waals surface area (Å²) in [6.07, 6.45) is 2.99. The second-order valence-corrected chi connectivity index (χ2v) is 1.78. The molecule has 0 aliphatic heterocycles. The maximum absolute atomic E-state index is 8.51. The van der Waals surface area contributed by atoms with Crippen molar-refractivity contribution in [3.8, 4) is 5.88 Å². The van der Waals surface area contributed by atoms with Gasteiger partial charge in [-0.2, -0.15) is 0 Å². The Morgan fingerprint density at radius 3 is 2.71 bits per heavy atom. The van der Waals surface area contributed by atoms with Crippen LogP contribution < -0.4 is 0 Å². The lowest BCUT2D eigenvalue weighted by Gasteiger charge is -1.77. The maximum atomic E-state index is 8.51. The first-order chi connectivity index (χ1) is 3.29. The van der Waals surface area contributed by atoms with Crippen LogP contribution in [0.5, 0.6) is 5.88 Å². The van der Waals surface area contributed by atoms with Crippen LogP contribution in [0.2, 0.25) is 0 Å². The number of hydrogen-bond acceptors (Lipinski definition) is 2. The quantitative estimate of drug-likeness (QED) is 0.492. The number of imidazole rings is 1. The lowest BCUT2D eigenvalue weighted by Crippen LogP contribution is -1.63. The largest absolute Gasteiger partial charge is 0.492 e. The van der Waals surface area contributed by atoms with E-state index >= 15 is 0 Å². The molecule has 0 aromatic carbocycles. The molecule has 1 heterocycles. The van der Waals surface area contributed by atoms with Gasteiger partial charge in [0.2, 0.25) is 5.88 Å². The smallest absolute Gasteiger partial charge is 0.229 e. The van der Waals surface area contributed by atoms with Gasteiger partial charge in [-0.1, -0.05) is 0 Å². The molecule has 0 aliphatic rings. The van der Waals surface area contributed by atoms with Crippen molar-refractivity contribution in [2.24, 2.45) is 0 Å². The van der Waals surface area contributed by atoms with E-state index in [1.807, 2.05) is 0 Å². The summed E-state index contributed by atoms with van der Waals surface area (Å²) in [7, 11) is 2.34. The zero-order valence-corrected chi connectivity index (χ0v) is 4.73. The number of nitrogens with zero attached hydrogens (tertiary/aromatic N) is 2. The molecule has 0 aliphatic carbocycles. The zero-order valence-electron chi connectivity index (χ0n) is 3.57. The molecule has 0 amide bonds. The highest BCUT2D eigenvalue weighted by molar-refractivity contribution is 7.14. The molecule has 0 bridgehead atoms. The lowest BCUT2D eigenvalue weighted by atomic mass is 10.9. The normalized spacial score (nSPS) is 9.29. The van der Waals surface area contributed by atoms with Gasteiger partial charge in [-0.15, -0.1) is 0 Å². The fourth-order valence-electron chi connectivity index (χ4n) is 0.326. The van der Waals surface area contributed by atoms with E-state index in [0.717, 1.165) is 0 Å². The van der Waals surface area contributed by atoms with Gasteiger partial charge in [0.1, 0.15) is 6.33 Å². The van der Waals surface area contributed by atoms with Crippen LogP contribution >= 0.6 is 9.39 Å². The molecule has 4 heteroatoms. The molecule has 1 aromatic rings. The standard InChI is InChI=1S/C3H5N2OP/c6-3-1-5(7)2-4-3/h1-2,6H,7H2. The third-order valence-electron chi connectivity index (χ3n) is 0.588. The number of hydrogen-bond donors (Lipinski definition) is 1. The Morgan fingerprint density at radius 1 is 1.86 bits per heavy atom. The number of rotatable bonds is 0. The summed E-state index contributed by atoms with van der Waals surface area (Å²) in [5.74, 6) is 0.0509. The molecule has 1 N–H and O–H groups in total. The topological polar surface area (TPSA) is 38.0 Å². The highest BCUT2D eigenvalue weighted by Crippen LogP contribution is 2.03. The average Bonchev–Trinajstić information content (AvgIpc) is 1.87. The summed E-state index contributed by atoms with van der Waals surface area (Å²) in [6.45, 7) is 0. The van der Waals surface area contributed by atoms with Crippen LogP contribution in [0.15, 0.2) is 12.5 Å². The van der Waals surface area contributed by atoms with Gasteiger partial charge in [-0.3, -0.25) is 0 Å². The van der Waals surface area contributed by atoms with Crippen molar-refractivity contribution in [3.63, 3.8) is 0 Å².